The van der Waals surface area contributed by atoms with E-state index in [-0.39, 0.29) is 5.91 Å². The third kappa shape index (κ3) is 23.0. The number of rotatable bonds is 4. The first-order valence-corrected chi connectivity index (χ1v) is 4.11. The Morgan fingerprint density at radius 2 is 2.00 bits per heavy atom. The molecule has 0 aromatic rings. The van der Waals surface area contributed by atoms with E-state index in [1.807, 2.05) is 25.9 Å². The summed E-state index contributed by atoms with van der Waals surface area (Å²) in [7, 11) is 3.88. The first-order valence-electron chi connectivity index (χ1n) is 4.11. The molecule has 0 radical (unpaired) electrons. The summed E-state index contributed by atoms with van der Waals surface area (Å²) < 4.78 is 0. The minimum Gasteiger partial charge on any atom is -0.384 e. The van der Waals surface area contributed by atoms with Gasteiger partial charge >= 0.3 is 0 Å². The number of hydrogen-bond acceptors (Lipinski definition) is 2. The predicted octanol–water partition coefficient (Wildman–Crippen LogP) is 1.35. The zero-order valence-corrected chi connectivity index (χ0v) is 8.34. The topological polar surface area (TPSA) is 46.3 Å². The van der Waals surface area contributed by atoms with Crippen molar-refractivity contribution in [1.29, 1.82) is 0 Å². The molecule has 0 aromatic heterocycles. The summed E-state index contributed by atoms with van der Waals surface area (Å²) in [5, 5.41) is 0. The van der Waals surface area contributed by atoms with Gasteiger partial charge in [-0.3, -0.25) is 4.79 Å². The predicted molar refractivity (Wildman–Crippen MR) is 52.6 cm³/mol. The first kappa shape index (κ1) is 13.6. The Morgan fingerprint density at radius 1 is 1.58 bits per heavy atom. The molecular formula is C9H20N2O. The fourth-order valence-electron chi connectivity index (χ4n) is 0.351. The fraction of sp³-hybridized carbons (Fsp3) is 0.667. The van der Waals surface area contributed by atoms with E-state index in [1.165, 1.54) is 0 Å². The Labute approximate surface area is 75.2 Å². The maximum atomic E-state index is 9.98. The molecule has 0 bridgehead atoms. The lowest BCUT2D eigenvalue weighted by Gasteiger charge is -1.98. The maximum absolute atomic E-state index is 9.98. The maximum Gasteiger partial charge on any atom is 0.217 e. The van der Waals surface area contributed by atoms with Gasteiger partial charge in [0, 0.05) is 20.5 Å². The molecule has 0 rings (SSSR count). The van der Waals surface area contributed by atoms with Gasteiger partial charge in [-0.2, -0.15) is 0 Å². The van der Waals surface area contributed by atoms with Gasteiger partial charge in [0.1, 0.15) is 0 Å². The third-order valence-electron chi connectivity index (χ3n) is 1.14. The van der Waals surface area contributed by atoms with Gasteiger partial charge in [0.25, 0.3) is 0 Å². The van der Waals surface area contributed by atoms with Crippen LogP contribution >= 0.6 is 0 Å². The van der Waals surface area contributed by atoms with Crippen LogP contribution in [0.1, 0.15) is 26.2 Å². The lowest BCUT2D eigenvalue weighted by molar-refractivity contribution is -0.118. The van der Waals surface area contributed by atoms with Gasteiger partial charge in [-0.1, -0.05) is 19.9 Å². The van der Waals surface area contributed by atoms with Crippen LogP contribution in [0.15, 0.2) is 12.8 Å². The SMILES string of the molecule is C=CN(C)C.CCCCC(N)=O. The summed E-state index contributed by atoms with van der Waals surface area (Å²) in [6.07, 6.45) is 4.26. The van der Waals surface area contributed by atoms with Crippen LogP contribution in [0, 0.1) is 0 Å². The van der Waals surface area contributed by atoms with Gasteiger partial charge < -0.3 is 10.6 Å². The van der Waals surface area contributed by atoms with Crippen molar-refractivity contribution in [2.45, 2.75) is 26.2 Å². The van der Waals surface area contributed by atoms with E-state index >= 15 is 0 Å². The summed E-state index contributed by atoms with van der Waals surface area (Å²) >= 11 is 0. The standard InChI is InChI=1S/C5H11NO.C4H9N/c1-2-3-4-5(6)7;1-4-5(2)3/h2-4H2,1H3,(H2,6,7);4H,1H2,2-3H3. The molecule has 0 spiro atoms. The van der Waals surface area contributed by atoms with Gasteiger partial charge in [0.15, 0.2) is 0 Å². The molecule has 72 valence electrons. The van der Waals surface area contributed by atoms with Crippen molar-refractivity contribution >= 4 is 5.91 Å². The highest BCUT2D eigenvalue weighted by molar-refractivity contribution is 5.73. The second-order valence-corrected chi connectivity index (χ2v) is 2.72. The van der Waals surface area contributed by atoms with E-state index in [9.17, 15) is 4.79 Å². The summed E-state index contributed by atoms with van der Waals surface area (Å²) in [5.74, 6) is -0.193. The summed E-state index contributed by atoms with van der Waals surface area (Å²) in [6, 6.07) is 0. The molecule has 0 aliphatic carbocycles. The van der Waals surface area contributed by atoms with Crippen LogP contribution in [0.5, 0.6) is 0 Å². The third-order valence-corrected chi connectivity index (χ3v) is 1.14. The van der Waals surface area contributed by atoms with Crippen molar-refractivity contribution in [2.75, 3.05) is 14.1 Å². The van der Waals surface area contributed by atoms with Crippen molar-refractivity contribution in [1.82, 2.24) is 4.90 Å². The van der Waals surface area contributed by atoms with E-state index < -0.39 is 0 Å². The number of primary amides is 1. The number of carbonyl (C=O) groups excluding carboxylic acids is 1. The summed E-state index contributed by atoms with van der Waals surface area (Å²) in [6.45, 7) is 5.52. The van der Waals surface area contributed by atoms with Gasteiger partial charge in [-0.05, 0) is 12.6 Å². The van der Waals surface area contributed by atoms with Crippen molar-refractivity contribution in [3.05, 3.63) is 12.8 Å². The van der Waals surface area contributed by atoms with Crippen molar-refractivity contribution in [2.24, 2.45) is 5.73 Å². The number of unbranched alkanes of at least 4 members (excludes halogenated alkanes) is 1. The minimum absolute atomic E-state index is 0.193. The molecule has 12 heavy (non-hydrogen) atoms. The number of amides is 1. The highest BCUT2D eigenvalue weighted by Gasteiger charge is 1.88. The first-order chi connectivity index (χ1) is 5.54. The van der Waals surface area contributed by atoms with Crippen molar-refractivity contribution < 1.29 is 4.79 Å². The fourth-order valence-corrected chi connectivity index (χ4v) is 0.351. The molecule has 0 aromatic carbocycles. The molecule has 0 aliphatic rings. The lowest BCUT2D eigenvalue weighted by atomic mass is 10.2. The smallest absolute Gasteiger partial charge is 0.217 e. The average Bonchev–Trinajstić information content (AvgIpc) is 2.02. The lowest BCUT2D eigenvalue weighted by Crippen LogP contribution is -2.09. The van der Waals surface area contributed by atoms with Crippen LogP contribution in [0.25, 0.3) is 0 Å². The van der Waals surface area contributed by atoms with Crippen LogP contribution in [-0.4, -0.2) is 24.9 Å². The van der Waals surface area contributed by atoms with Gasteiger partial charge in [0.05, 0.1) is 0 Å². The molecule has 0 saturated heterocycles. The Bertz CT molecular complexity index is 122. The number of hydrogen-bond donors (Lipinski definition) is 1. The quantitative estimate of drug-likeness (QED) is 0.696. The molecule has 0 heterocycles. The zero-order valence-electron chi connectivity index (χ0n) is 8.34. The molecule has 0 fully saturated rings. The number of nitrogens with two attached hydrogens (primary N) is 1. The molecular weight excluding hydrogens is 152 g/mol. The Hall–Kier alpha value is -0.990. The number of nitrogens with zero attached hydrogens (tertiary/aromatic N) is 1. The Kier molecular flexibility index (Phi) is 11.3. The van der Waals surface area contributed by atoms with E-state index in [0.29, 0.717) is 6.42 Å². The molecule has 0 saturated carbocycles. The molecule has 3 heteroatoms. The van der Waals surface area contributed by atoms with Crippen LogP contribution in [0.3, 0.4) is 0 Å². The normalized spacial score (nSPS) is 7.92. The Balaban J connectivity index is 0. The second-order valence-electron chi connectivity index (χ2n) is 2.72. The highest BCUT2D eigenvalue weighted by Crippen LogP contribution is 1.89. The minimum atomic E-state index is -0.193. The Morgan fingerprint density at radius 3 is 2.08 bits per heavy atom. The van der Waals surface area contributed by atoms with Gasteiger partial charge in [0.2, 0.25) is 5.91 Å². The van der Waals surface area contributed by atoms with E-state index in [4.69, 9.17) is 5.73 Å². The van der Waals surface area contributed by atoms with Crippen LogP contribution in [-0.2, 0) is 4.79 Å². The van der Waals surface area contributed by atoms with Crippen molar-refractivity contribution in [3.8, 4) is 0 Å². The monoisotopic (exact) mass is 172 g/mol. The van der Waals surface area contributed by atoms with Gasteiger partial charge in [-0.25, -0.2) is 0 Å². The van der Waals surface area contributed by atoms with Crippen LogP contribution in [0.2, 0.25) is 0 Å². The zero-order chi connectivity index (χ0) is 9.98. The average molecular weight is 172 g/mol. The van der Waals surface area contributed by atoms with Crippen molar-refractivity contribution in [3.63, 3.8) is 0 Å². The number of carbonyl (C=O) groups is 1. The van der Waals surface area contributed by atoms with Crippen LogP contribution in [0.4, 0.5) is 0 Å². The summed E-state index contributed by atoms with van der Waals surface area (Å²) in [4.78, 5) is 11.9. The molecule has 0 atom stereocenters. The molecule has 0 aliphatic heterocycles. The second kappa shape index (κ2) is 10.0. The largest absolute Gasteiger partial charge is 0.384 e. The molecule has 2 N–H and O–H groups in total. The molecule has 1 amide bonds. The van der Waals surface area contributed by atoms with Gasteiger partial charge in [-0.15, -0.1) is 0 Å². The van der Waals surface area contributed by atoms with E-state index in [1.54, 1.807) is 6.20 Å². The van der Waals surface area contributed by atoms with Crippen LogP contribution < -0.4 is 5.73 Å². The summed E-state index contributed by atoms with van der Waals surface area (Å²) in [5.41, 5.74) is 4.84. The van der Waals surface area contributed by atoms with E-state index in [0.717, 1.165) is 12.8 Å². The molecule has 0 unspecified atom stereocenters. The highest BCUT2D eigenvalue weighted by atomic mass is 16.1. The van der Waals surface area contributed by atoms with E-state index in [2.05, 4.69) is 6.58 Å². The molecule has 3 nitrogen and oxygen atoms in total.